The number of piperazine rings is 1. The Morgan fingerprint density at radius 1 is 1.04 bits per heavy atom. The first kappa shape index (κ1) is 15.7. The van der Waals surface area contributed by atoms with Gasteiger partial charge in [0, 0.05) is 38.8 Å². The van der Waals surface area contributed by atoms with Gasteiger partial charge < -0.3 is 15.1 Å². The molecule has 0 unspecified atom stereocenters. The fourth-order valence-electron chi connectivity index (χ4n) is 2.89. The van der Waals surface area contributed by atoms with Gasteiger partial charge in [0.15, 0.2) is 0 Å². The summed E-state index contributed by atoms with van der Waals surface area (Å²) in [5.41, 5.74) is 1.34. The van der Waals surface area contributed by atoms with Gasteiger partial charge in [-0.25, -0.2) is 9.97 Å². The number of hydrogen-bond acceptors (Lipinski definition) is 5. The van der Waals surface area contributed by atoms with Crippen LogP contribution in [0.4, 0.5) is 11.6 Å². The molecule has 0 atom stereocenters. The third-order valence-electron chi connectivity index (χ3n) is 4.36. The van der Waals surface area contributed by atoms with Crippen LogP contribution < -0.4 is 10.2 Å². The van der Waals surface area contributed by atoms with Gasteiger partial charge in [-0.3, -0.25) is 0 Å². The Labute approximate surface area is 138 Å². The lowest BCUT2D eigenvalue weighted by Crippen LogP contribution is -2.46. The number of benzene rings is 1. The van der Waals surface area contributed by atoms with E-state index < -0.39 is 0 Å². The summed E-state index contributed by atoms with van der Waals surface area (Å²) in [7, 11) is 0. The van der Waals surface area contributed by atoms with Crippen molar-refractivity contribution in [3.05, 3.63) is 48.3 Å². The number of anilines is 2. The van der Waals surface area contributed by atoms with Gasteiger partial charge in [0.2, 0.25) is 0 Å². The number of hydrogen-bond donors (Lipinski definition) is 1. The lowest BCUT2D eigenvalue weighted by molar-refractivity contribution is 0.270. The summed E-state index contributed by atoms with van der Waals surface area (Å²) < 4.78 is 0. The van der Waals surface area contributed by atoms with Crippen molar-refractivity contribution in [3.63, 3.8) is 0 Å². The van der Waals surface area contributed by atoms with Crippen molar-refractivity contribution in [2.24, 2.45) is 0 Å². The maximum absolute atomic E-state index is 4.44. The van der Waals surface area contributed by atoms with Gasteiger partial charge >= 0.3 is 0 Å². The summed E-state index contributed by atoms with van der Waals surface area (Å²) in [4.78, 5) is 13.6. The first-order valence-electron chi connectivity index (χ1n) is 8.42. The topological polar surface area (TPSA) is 44.3 Å². The molecule has 1 N–H and O–H groups in total. The Morgan fingerprint density at radius 3 is 2.57 bits per heavy atom. The third-order valence-corrected chi connectivity index (χ3v) is 4.36. The normalized spacial score (nSPS) is 15.6. The minimum Gasteiger partial charge on any atom is -0.370 e. The third kappa shape index (κ3) is 4.42. The van der Waals surface area contributed by atoms with Crippen molar-refractivity contribution in [1.29, 1.82) is 0 Å². The highest BCUT2D eigenvalue weighted by Crippen LogP contribution is 2.16. The van der Waals surface area contributed by atoms with E-state index in [1.165, 1.54) is 5.56 Å². The zero-order chi connectivity index (χ0) is 15.9. The van der Waals surface area contributed by atoms with Crippen molar-refractivity contribution in [1.82, 2.24) is 14.9 Å². The molecular weight excluding hydrogens is 286 g/mol. The quantitative estimate of drug-likeness (QED) is 0.886. The predicted octanol–water partition coefficient (Wildman–Crippen LogP) is 2.27. The van der Waals surface area contributed by atoms with E-state index in [0.29, 0.717) is 0 Å². The molecule has 5 heteroatoms. The molecule has 0 radical (unpaired) electrons. The van der Waals surface area contributed by atoms with Gasteiger partial charge in [-0.05, 0) is 18.5 Å². The summed E-state index contributed by atoms with van der Waals surface area (Å²) in [6.07, 6.45) is 2.65. The van der Waals surface area contributed by atoms with Gasteiger partial charge in [-0.2, -0.15) is 0 Å². The summed E-state index contributed by atoms with van der Waals surface area (Å²) in [5.74, 6) is 1.93. The van der Waals surface area contributed by atoms with E-state index in [2.05, 4.69) is 62.3 Å². The van der Waals surface area contributed by atoms with Gasteiger partial charge in [0.1, 0.15) is 18.0 Å². The molecule has 1 aliphatic heterocycles. The second-order valence-electron chi connectivity index (χ2n) is 5.85. The molecule has 0 saturated carbocycles. The maximum atomic E-state index is 4.44. The molecule has 0 spiro atoms. The first-order valence-corrected chi connectivity index (χ1v) is 8.42. The van der Waals surface area contributed by atoms with Crippen LogP contribution in [0.3, 0.4) is 0 Å². The summed E-state index contributed by atoms with van der Waals surface area (Å²) in [5, 5.41) is 3.40. The monoisotopic (exact) mass is 311 g/mol. The molecular formula is C18H25N5. The van der Waals surface area contributed by atoms with E-state index in [4.69, 9.17) is 0 Å². The van der Waals surface area contributed by atoms with Crippen molar-refractivity contribution in [2.45, 2.75) is 13.3 Å². The molecule has 1 aliphatic rings. The van der Waals surface area contributed by atoms with Crippen LogP contribution in [0.15, 0.2) is 42.7 Å². The van der Waals surface area contributed by atoms with E-state index in [9.17, 15) is 0 Å². The minimum atomic E-state index is 0.879. The van der Waals surface area contributed by atoms with Gasteiger partial charge in [0.05, 0.1) is 0 Å². The van der Waals surface area contributed by atoms with Crippen LogP contribution >= 0.6 is 0 Å². The molecule has 3 rings (SSSR count). The highest BCUT2D eigenvalue weighted by atomic mass is 15.3. The zero-order valence-corrected chi connectivity index (χ0v) is 13.8. The summed E-state index contributed by atoms with van der Waals surface area (Å²) >= 11 is 0. The summed E-state index contributed by atoms with van der Waals surface area (Å²) in [6, 6.07) is 12.6. The van der Waals surface area contributed by atoms with Gasteiger partial charge in [-0.15, -0.1) is 0 Å². The Balaban J connectivity index is 1.53. The summed E-state index contributed by atoms with van der Waals surface area (Å²) in [6.45, 7) is 8.51. The van der Waals surface area contributed by atoms with E-state index in [0.717, 1.165) is 57.3 Å². The predicted molar refractivity (Wildman–Crippen MR) is 95.0 cm³/mol. The molecule has 0 amide bonds. The Morgan fingerprint density at radius 2 is 1.83 bits per heavy atom. The van der Waals surface area contributed by atoms with E-state index in [1.54, 1.807) is 6.33 Å². The Hall–Kier alpha value is -2.14. The average molecular weight is 311 g/mol. The van der Waals surface area contributed by atoms with Crippen molar-refractivity contribution < 1.29 is 0 Å². The zero-order valence-electron chi connectivity index (χ0n) is 13.8. The molecule has 0 bridgehead atoms. The SMILES string of the molecule is CCN1CCN(c2cc(NCCc3ccccc3)ncn2)CC1. The van der Waals surface area contributed by atoms with Crippen molar-refractivity contribution in [3.8, 4) is 0 Å². The Bertz CT molecular complexity index is 593. The highest BCUT2D eigenvalue weighted by Gasteiger charge is 2.17. The fourth-order valence-corrected chi connectivity index (χ4v) is 2.89. The van der Waals surface area contributed by atoms with Gasteiger partial charge in [0.25, 0.3) is 0 Å². The Kier molecular flexibility index (Phi) is 5.42. The largest absolute Gasteiger partial charge is 0.370 e. The molecule has 2 aromatic rings. The smallest absolute Gasteiger partial charge is 0.134 e. The molecule has 23 heavy (non-hydrogen) atoms. The number of likely N-dealkylation sites (N-methyl/N-ethyl adjacent to an activating group) is 1. The molecule has 122 valence electrons. The van der Waals surface area contributed by atoms with E-state index in [1.807, 2.05) is 6.07 Å². The lowest BCUT2D eigenvalue weighted by Gasteiger charge is -2.34. The number of nitrogens with one attached hydrogen (secondary N) is 1. The van der Waals surface area contributed by atoms with Crippen LogP contribution in [0.2, 0.25) is 0 Å². The minimum absolute atomic E-state index is 0.879. The second-order valence-corrected chi connectivity index (χ2v) is 5.85. The molecule has 2 heterocycles. The van der Waals surface area contributed by atoms with Crippen LogP contribution in [0.5, 0.6) is 0 Å². The van der Waals surface area contributed by atoms with Crippen molar-refractivity contribution >= 4 is 11.6 Å². The maximum Gasteiger partial charge on any atom is 0.134 e. The van der Waals surface area contributed by atoms with Crippen LogP contribution in [-0.4, -0.2) is 54.1 Å². The molecule has 5 nitrogen and oxygen atoms in total. The van der Waals surface area contributed by atoms with Crippen molar-refractivity contribution in [2.75, 3.05) is 49.5 Å². The molecule has 1 fully saturated rings. The lowest BCUT2D eigenvalue weighted by atomic mass is 10.1. The highest BCUT2D eigenvalue weighted by molar-refractivity contribution is 5.48. The van der Waals surface area contributed by atoms with E-state index in [-0.39, 0.29) is 0 Å². The number of rotatable bonds is 6. The van der Waals surface area contributed by atoms with E-state index >= 15 is 0 Å². The second kappa shape index (κ2) is 7.92. The van der Waals surface area contributed by atoms with Crippen LogP contribution in [0.25, 0.3) is 0 Å². The van der Waals surface area contributed by atoms with Crippen LogP contribution in [-0.2, 0) is 6.42 Å². The van der Waals surface area contributed by atoms with Crippen LogP contribution in [0.1, 0.15) is 12.5 Å². The molecule has 1 aromatic carbocycles. The molecule has 1 aromatic heterocycles. The number of aromatic nitrogens is 2. The molecule has 1 saturated heterocycles. The first-order chi connectivity index (χ1) is 11.3. The van der Waals surface area contributed by atoms with Crippen LogP contribution in [0, 0.1) is 0 Å². The molecule has 0 aliphatic carbocycles. The fraction of sp³-hybridized carbons (Fsp3) is 0.444. The van der Waals surface area contributed by atoms with Gasteiger partial charge in [-0.1, -0.05) is 37.3 Å². The standard InChI is InChI=1S/C18H25N5/c1-2-22-10-12-23(13-11-22)18-14-17(20-15-21-18)19-9-8-16-6-4-3-5-7-16/h3-7,14-15H,2,8-13H2,1H3,(H,19,20,21). The average Bonchev–Trinajstić information content (AvgIpc) is 2.63. The number of nitrogens with zero attached hydrogens (tertiary/aromatic N) is 4.